The Morgan fingerprint density at radius 2 is 2.43 bits per heavy atom. The fraction of sp³-hybridized carbons (Fsp3) is 0.545. The fourth-order valence-electron chi connectivity index (χ4n) is 1.22. The predicted molar refractivity (Wildman–Crippen MR) is 60.4 cm³/mol. The van der Waals surface area contributed by atoms with Crippen molar-refractivity contribution < 1.29 is 0 Å². The number of imidazole rings is 1. The molecule has 3 nitrogen and oxygen atoms in total. The number of rotatable bonds is 6. The van der Waals surface area contributed by atoms with Crippen LogP contribution >= 0.6 is 0 Å². The van der Waals surface area contributed by atoms with Gasteiger partial charge < -0.3 is 9.88 Å². The molecule has 1 rings (SSSR count). The lowest BCUT2D eigenvalue weighted by Gasteiger charge is -2.09. The highest BCUT2D eigenvalue weighted by Gasteiger charge is 2.01. The third-order valence-corrected chi connectivity index (χ3v) is 2.07. The van der Waals surface area contributed by atoms with Crippen molar-refractivity contribution in [3.63, 3.8) is 0 Å². The van der Waals surface area contributed by atoms with Gasteiger partial charge in [-0.25, -0.2) is 4.98 Å². The topological polar surface area (TPSA) is 29.9 Å². The first kappa shape index (κ1) is 10.8. The number of hydrogen-bond acceptors (Lipinski definition) is 2. The quantitative estimate of drug-likeness (QED) is 0.703. The van der Waals surface area contributed by atoms with Crippen molar-refractivity contribution in [2.24, 2.45) is 5.92 Å². The lowest BCUT2D eigenvalue weighted by molar-refractivity contribution is 0.519. The molecule has 0 spiro atoms. The summed E-state index contributed by atoms with van der Waals surface area (Å²) in [4.78, 5) is 4.24. The molecule has 0 radical (unpaired) electrons. The summed E-state index contributed by atoms with van der Waals surface area (Å²) in [5.74, 6) is 1.66. The molecule has 14 heavy (non-hydrogen) atoms. The van der Waals surface area contributed by atoms with Gasteiger partial charge in [-0.15, -0.1) is 6.58 Å². The number of hydrogen-bond donors (Lipinski definition) is 1. The summed E-state index contributed by atoms with van der Waals surface area (Å²) in [7, 11) is 0. The third kappa shape index (κ3) is 3.24. The highest BCUT2D eigenvalue weighted by molar-refractivity contribution is 5.26. The summed E-state index contributed by atoms with van der Waals surface area (Å²) in [6.07, 6.45) is 6.85. The molecule has 0 amide bonds. The van der Waals surface area contributed by atoms with Crippen LogP contribution in [0.1, 0.15) is 20.3 Å². The molecule has 0 aliphatic carbocycles. The Bertz CT molecular complexity index is 276. The zero-order chi connectivity index (χ0) is 10.4. The lowest BCUT2D eigenvalue weighted by Crippen LogP contribution is -2.08. The van der Waals surface area contributed by atoms with E-state index < -0.39 is 0 Å². The zero-order valence-corrected chi connectivity index (χ0v) is 9.03. The van der Waals surface area contributed by atoms with E-state index in [-0.39, 0.29) is 0 Å². The number of aromatic nitrogens is 2. The minimum Gasteiger partial charge on any atom is -0.352 e. The van der Waals surface area contributed by atoms with Crippen LogP contribution in [0.4, 0.5) is 5.95 Å². The van der Waals surface area contributed by atoms with E-state index in [1.54, 1.807) is 0 Å². The van der Waals surface area contributed by atoms with Crippen LogP contribution in [0.3, 0.4) is 0 Å². The number of nitrogens with zero attached hydrogens (tertiary/aromatic N) is 2. The molecule has 0 atom stereocenters. The second-order valence-corrected chi connectivity index (χ2v) is 3.80. The van der Waals surface area contributed by atoms with Crippen molar-refractivity contribution in [2.75, 3.05) is 11.9 Å². The van der Waals surface area contributed by atoms with Crippen LogP contribution in [0.5, 0.6) is 0 Å². The maximum absolute atomic E-state index is 4.24. The van der Waals surface area contributed by atoms with Gasteiger partial charge in [0.05, 0.1) is 0 Å². The number of nitrogens with one attached hydrogen (secondary N) is 1. The molecule has 0 fully saturated rings. The van der Waals surface area contributed by atoms with Crippen LogP contribution in [-0.2, 0) is 6.54 Å². The molecule has 0 aliphatic rings. The number of aryl methyl sites for hydroxylation is 1. The Kier molecular flexibility index (Phi) is 4.23. The highest BCUT2D eigenvalue weighted by atomic mass is 15.2. The molecule has 1 aromatic heterocycles. The molecule has 78 valence electrons. The van der Waals surface area contributed by atoms with Crippen LogP contribution in [0.15, 0.2) is 25.0 Å². The predicted octanol–water partition coefficient (Wildman–Crippen LogP) is 2.53. The summed E-state index contributed by atoms with van der Waals surface area (Å²) >= 11 is 0. The van der Waals surface area contributed by atoms with Crippen LogP contribution in [-0.4, -0.2) is 16.1 Å². The Labute approximate surface area is 85.8 Å². The zero-order valence-electron chi connectivity index (χ0n) is 9.03. The van der Waals surface area contributed by atoms with Crippen LogP contribution in [0, 0.1) is 5.92 Å². The molecule has 1 heterocycles. The Balaban J connectivity index is 2.49. The van der Waals surface area contributed by atoms with Crippen molar-refractivity contribution >= 4 is 5.95 Å². The first-order chi connectivity index (χ1) is 6.74. The largest absolute Gasteiger partial charge is 0.352 e. The van der Waals surface area contributed by atoms with E-state index in [1.165, 1.54) is 6.42 Å². The average molecular weight is 193 g/mol. The third-order valence-electron chi connectivity index (χ3n) is 2.07. The van der Waals surface area contributed by atoms with Gasteiger partial charge in [0.25, 0.3) is 0 Å². The van der Waals surface area contributed by atoms with Gasteiger partial charge in [0.15, 0.2) is 0 Å². The molecule has 0 aromatic carbocycles. The van der Waals surface area contributed by atoms with Gasteiger partial charge in [0.2, 0.25) is 5.95 Å². The summed E-state index contributed by atoms with van der Waals surface area (Å²) in [5.41, 5.74) is 0. The van der Waals surface area contributed by atoms with Gasteiger partial charge in [-0.05, 0) is 12.3 Å². The minimum absolute atomic E-state index is 0.727. The standard InChI is InChI=1S/C11H19N3/c1-4-6-12-11-13-7-9-14(11)8-5-10(2)3/h4,7,9-10H,1,5-6,8H2,2-3H3,(H,12,13). The van der Waals surface area contributed by atoms with Crippen LogP contribution in [0.2, 0.25) is 0 Å². The van der Waals surface area contributed by atoms with E-state index in [9.17, 15) is 0 Å². The van der Waals surface area contributed by atoms with E-state index in [4.69, 9.17) is 0 Å². The van der Waals surface area contributed by atoms with Crippen molar-refractivity contribution in [3.05, 3.63) is 25.0 Å². The van der Waals surface area contributed by atoms with Gasteiger partial charge in [0.1, 0.15) is 0 Å². The Morgan fingerprint density at radius 1 is 1.64 bits per heavy atom. The van der Waals surface area contributed by atoms with Gasteiger partial charge in [0, 0.05) is 25.5 Å². The molecule has 3 heteroatoms. The molecule has 1 N–H and O–H groups in total. The second-order valence-electron chi connectivity index (χ2n) is 3.80. The van der Waals surface area contributed by atoms with Crippen LogP contribution in [0.25, 0.3) is 0 Å². The molecule has 0 unspecified atom stereocenters. The summed E-state index contributed by atoms with van der Waals surface area (Å²) in [6.45, 7) is 9.91. The molecule has 1 aromatic rings. The summed E-state index contributed by atoms with van der Waals surface area (Å²) < 4.78 is 2.14. The monoisotopic (exact) mass is 193 g/mol. The van der Waals surface area contributed by atoms with Crippen LogP contribution < -0.4 is 5.32 Å². The van der Waals surface area contributed by atoms with Gasteiger partial charge in [-0.2, -0.15) is 0 Å². The highest BCUT2D eigenvalue weighted by Crippen LogP contribution is 2.08. The SMILES string of the molecule is C=CCNc1nccn1CCC(C)C. The summed E-state index contributed by atoms with van der Waals surface area (Å²) in [5, 5.41) is 3.20. The number of anilines is 1. The maximum atomic E-state index is 4.24. The normalized spacial score (nSPS) is 10.5. The Hall–Kier alpha value is -1.25. The van der Waals surface area contributed by atoms with E-state index >= 15 is 0 Å². The molecule has 0 aliphatic heterocycles. The van der Waals surface area contributed by atoms with Gasteiger partial charge >= 0.3 is 0 Å². The minimum atomic E-state index is 0.727. The van der Waals surface area contributed by atoms with E-state index in [0.717, 1.165) is 25.0 Å². The Morgan fingerprint density at radius 3 is 3.07 bits per heavy atom. The molecular formula is C11H19N3. The average Bonchev–Trinajstić information content (AvgIpc) is 2.58. The van der Waals surface area contributed by atoms with Crippen molar-refractivity contribution in [3.8, 4) is 0 Å². The summed E-state index contributed by atoms with van der Waals surface area (Å²) in [6, 6.07) is 0. The smallest absolute Gasteiger partial charge is 0.203 e. The lowest BCUT2D eigenvalue weighted by atomic mass is 10.1. The first-order valence-corrected chi connectivity index (χ1v) is 5.10. The molecule has 0 bridgehead atoms. The van der Waals surface area contributed by atoms with Crippen molar-refractivity contribution in [1.82, 2.24) is 9.55 Å². The van der Waals surface area contributed by atoms with E-state index in [2.05, 4.69) is 35.3 Å². The molecule has 0 saturated heterocycles. The van der Waals surface area contributed by atoms with E-state index in [0.29, 0.717) is 0 Å². The van der Waals surface area contributed by atoms with Gasteiger partial charge in [-0.1, -0.05) is 19.9 Å². The fourth-order valence-corrected chi connectivity index (χ4v) is 1.22. The van der Waals surface area contributed by atoms with Gasteiger partial charge in [-0.3, -0.25) is 0 Å². The van der Waals surface area contributed by atoms with E-state index in [1.807, 2.05) is 18.5 Å². The molecular weight excluding hydrogens is 174 g/mol. The molecule has 0 saturated carbocycles. The van der Waals surface area contributed by atoms with Crippen molar-refractivity contribution in [2.45, 2.75) is 26.8 Å². The second kappa shape index (κ2) is 5.47. The first-order valence-electron chi connectivity index (χ1n) is 5.10. The van der Waals surface area contributed by atoms with Crippen molar-refractivity contribution in [1.29, 1.82) is 0 Å². The maximum Gasteiger partial charge on any atom is 0.203 e.